The lowest BCUT2D eigenvalue weighted by molar-refractivity contribution is -0.125. The van der Waals surface area contributed by atoms with Crippen LogP contribution in [0.15, 0.2) is 12.1 Å². The summed E-state index contributed by atoms with van der Waals surface area (Å²) in [4.78, 5) is 25.7. The number of carbonyl (C=O) groups is 2. The molecule has 5 nitrogen and oxygen atoms in total. The van der Waals surface area contributed by atoms with Crippen molar-refractivity contribution in [3.8, 4) is 0 Å². The first kappa shape index (κ1) is 13.7. The summed E-state index contributed by atoms with van der Waals surface area (Å²) in [5.74, 6) is -0.774. The second-order valence-electron chi connectivity index (χ2n) is 3.32. The number of pyridine rings is 1. The van der Waals surface area contributed by atoms with Gasteiger partial charge in [0.25, 0.3) is 0 Å². The molecule has 0 fully saturated rings. The average molecular weight is 276 g/mol. The van der Waals surface area contributed by atoms with Gasteiger partial charge in [0.2, 0.25) is 11.8 Å². The highest BCUT2D eigenvalue weighted by Crippen LogP contribution is 2.18. The smallest absolute Gasteiger partial charge is 0.220 e. The minimum absolute atomic E-state index is 0.0284. The van der Waals surface area contributed by atoms with Gasteiger partial charge in [0, 0.05) is 12.8 Å². The molecule has 0 atom stereocenters. The van der Waals surface area contributed by atoms with Gasteiger partial charge in [-0.2, -0.15) is 0 Å². The molecule has 1 heterocycles. The van der Waals surface area contributed by atoms with E-state index in [0.29, 0.717) is 10.7 Å². The molecule has 1 aromatic rings. The van der Waals surface area contributed by atoms with Crippen LogP contribution < -0.4 is 11.1 Å². The molecule has 0 aliphatic carbocycles. The van der Waals surface area contributed by atoms with Crippen LogP contribution in [0.1, 0.15) is 18.5 Å². The van der Waals surface area contributed by atoms with E-state index in [1.54, 1.807) is 12.1 Å². The Morgan fingerprint density at radius 1 is 1.29 bits per heavy atom. The molecule has 0 saturated heterocycles. The molecular weight excluding hydrogens is 265 g/mol. The van der Waals surface area contributed by atoms with Crippen LogP contribution in [0.25, 0.3) is 0 Å². The quantitative estimate of drug-likeness (QED) is 0.794. The first-order valence-electron chi connectivity index (χ1n) is 4.85. The highest BCUT2D eigenvalue weighted by molar-refractivity contribution is 6.41. The number of carbonyl (C=O) groups excluding carboxylic acids is 2. The lowest BCUT2D eigenvalue weighted by Crippen LogP contribution is -2.24. The summed E-state index contributed by atoms with van der Waals surface area (Å²) in [5, 5.41) is 3.14. The molecule has 7 heteroatoms. The SMILES string of the molecule is NC(=O)CCC(=O)NCc1ccc(Cl)c(Cl)n1. The minimum atomic E-state index is -0.507. The lowest BCUT2D eigenvalue weighted by Gasteiger charge is -2.04. The highest BCUT2D eigenvalue weighted by Gasteiger charge is 2.05. The lowest BCUT2D eigenvalue weighted by atomic mass is 10.3. The van der Waals surface area contributed by atoms with E-state index in [9.17, 15) is 9.59 Å². The predicted octanol–water partition coefficient (Wildman–Crippen LogP) is 1.27. The normalized spacial score (nSPS) is 10.0. The first-order chi connectivity index (χ1) is 7.99. The van der Waals surface area contributed by atoms with Crippen molar-refractivity contribution in [1.82, 2.24) is 10.3 Å². The maximum absolute atomic E-state index is 11.3. The van der Waals surface area contributed by atoms with E-state index in [0.717, 1.165) is 0 Å². The van der Waals surface area contributed by atoms with Crippen LogP contribution >= 0.6 is 23.2 Å². The van der Waals surface area contributed by atoms with Crippen LogP contribution in [0.3, 0.4) is 0 Å². The van der Waals surface area contributed by atoms with Gasteiger partial charge in [0.1, 0.15) is 5.15 Å². The summed E-state index contributed by atoms with van der Waals surface area (Å²) in [6.07, 6.45) is 0.0945. The maximum Gasteiger partial charge on any atom is 0.220 e. The topological polar surface area (TPSA) is 85.1 Å². The van der Waals surface area contributed by atoms with Crippen LogP contribution in [0.5, 0.6) is 0 Å². The van der Waals surface area contributed by atoms with Gasteiger partial charge in [0.15, 0.2) is 0 Å². The van der Waals surface area contributed by atoms with Gasteiger partial charge in [-0.15, -0.1) is 0 Å². The largest absolute Gasteiger partial charge is 0.370 e. The van der Waals surface area contributed by atoms with Crippen LogP contribution in [0.2, 0.25) is 10.2 Å². The molecule has 2 amide bonds. The number of halogens is 2. The maximum atomic E-state index is 11.3. The number of nitrogens with two attached hydrogens (primary N) is 1. The van der Waals surface area contributed by atoms with Gasteiger partial charge in [-0.05, 0) is 12.1 Å². The number of amides is 2. The third-order valence-corrected chi connectivity index (χ3v) is 2.62. The van der Waals surface area contributed by atoms with E-state index in [1.807, 2.05) is 0 Å². The van der Waals surface area contributed by atoms with Gasteiger partial charge < -0.3 is 11.1 Å². The molecule has 3 N–H and O–H groups in total. The van der Waals surface area contributed by atoms with Crippen molar-refractivity contribution < 1.29 is 9.59 Å². The first-order valence-corrected chi connectivity index (χ1v) is 5.60. The zero-order valence-corrected chi connectivity index (χ0v) is 10.4. The molecule has 0 aliphatic heterocycles. The van der Waals surface area contributed by atoms with Gasteiger partial charge >= 0.3 is 0 Å². The van der Waals surface area contributed by atoms with E-state index < -0.39 is 5.91 Å². The zero-order chi connectivity index (χ0) is 12.8. The van der Waals surface area contributed by atoms with Crippen molar-refractivity contribution in [2.75, 3.05) is 0 Å². The van der Waals surface area contributed by atoms with Crippen molar-refractivity contribution in [3.05, 3.63) is 28.0 Å². The molecule has 1 aromatic heterocycles. The Balaban J connectivity index is 2.42. The van der Waals surface area contributed by atoms with Crippen molar-refractivity contribution in [2.24, 2.45) is 5.73 Å². The van der Waals surface area contributed by atoms with Gasteiger partial charge in [0.05, 0.1) is 17.3 Å². The number of rotatable bonds is 5. The molecule has 17 heavy (non-hydrogen) atoms. The molecule has 0 aromatic carbocycles. The zero-order valence-electron chi connectivity index (χ0n) is 8.87. The van der Waals surface area contributed by atoms with E-state index in [1.165, 1.54) is 0 Å². The number of primary amides is 1. The van der Waals surface area contributed by atoms with Crippen molar-refractivity contribution in [1.29, 1.82) is 0 Å². The highest BCUT2D eigenvalue weighted by atomic mass is 35.5. The van der Waals surface area contributed by atoms with E-state index >= 15 is 0 Å². The third-order valence-electron chi connectivity index (χ3n) is 1.93. The Morgan fingerprint density at radius 2 is 2.00 bits per heavy atom. The molecule has 0 bridgehead atoms. The molecule has 0 unspecified atom stereocenters. The Labute approximate surface area is 108 Å². The molecule has 0 aliphatic rings. The average Bonchev–Trinajstić information content (AvgIpc) is 2.28. The number of hydrogen-bond donors (Lipinski definition) is 2. The molecule has 0 saturated carbocycles. The number of nitrogens with zero attached hydrogens (tertiary/aromatic N) is 1. The summed E-state index contributed by atoms with van der Waals surface area (Å²) in [7, 11) is 0. The second kappa shape index (κ2) is 6.42. The fourth-order valence-electron chi connectivity index (χ4n) is 1.07. The van der Waals surface area contributed by atoms with Crippen LogP contribution in [-0.2, 0) is 16.1 Å². The van der Waals surface area contributed by atoms with Gasteiger partial charge in [-0.25, -0.2) is 4.98 Å². The van der Waals surface area contributed by atoms with Crippen molar-refractivity contribution in [2.45, 2.75) is 19.4 Å². The molecule has 1 rings (SSSR count). The second-order valence-corrected chi connectivity index (χ2v) is 4.08. The summed E-state index contributed by atoms with van der Waals surface area (Å²) in [5.41, 5.74) is 5.51. The van der Waals surface area contributed by atoms with E-state index in [-0.39, 0.29) is 30.4 Å². The van der Waals surface area contributed by atoms with E-state index in [4.69, 9.17) is 28.9 Å². The number of hydrogen-bond acceptors (Lipinski definition) is 3. The Morgan fingerprint density at radius 3 is 2.59 bits per heavy atom. The molecule has 0 spiro atoms. The fraction of sp³-hybridized carbons (Fsp3) is 0.300. The molecule has 0 radical (unpaired) electrons. The monoisotopic (exact) mass is 275 g/mol. The van der Waals surface area contributed by atoms with Crippen LogP contribution in [0.4, 0.5) is 0 Å². The Bertz CT molecular complexity index is 438. The third kappa shape index (κ3) is 5.01. The van der Waals surface area contributed by atoms with E-state index in [2.05, 4.69) is 10.3 Å². The molecule has 92 valence electrons. The molecular formula is C10H11Cl2N3O2. The number of aromatic nitrogens is 1. The van der Waals surface area contributed by atoms with Gasteiger partial charge in [-0.1, -0.05) is 23.2 Å². The minimum Gasteiger partial charge on any atom is -0.370 e. The summed E-state index contributed by atoms with van der Waals surface area (Å²) in [6, 6.07) is 3.25. The van der Waals surface area contributed by atoms with Crippen molar-refractivity contribution in [3.63, 3.8) is 0 Å². The van der Waals surface area contributed by atoms with Crippen LogP contribution in [0, 0.1) is 0 Å². The summed E-state index contributed by atoms with van der Waals surface area (Å²) < 4.78 is 0. The van der Waals surface area contributed by atoms with Crippen LogP contribution in [-0.4, -0.2) is 16.8 Å². The van der Waals surface area contributed by atoms with Gasteiger partial charge in [-0.3, -0.25) is 9.59 Å². The Hall–Kier alpha value is -1.33. The predicted molar refractivity (Wildman–Crippen MR) is 64.5 cm³/mol. The van der Waals surface area contributed by atoms with Crippen molar-refractivity contribution >= 4 is 35.0 Å². The number of nitrogens with one attached hydrogen (secondary N) is 1. The fourth-order valence-corrected chi connectivity index (χ4v) is 1.34. The summed E-state index contributed by atoms with van der Waals surface area (Å²) in [6.45, 7) is 0.231. The Kier molecular flexibility index (Phi) is 5.18. The summed E-state index contributed by atoms with van der Waals surface area (Å²) >= 11 is 11.4. The standard InChI is InChI=1S/C10H11Cl2N3O2/c11-7-2-1-6(15-10(7)12)5-14-9(17)4-3-8(13)16/h1-2H,3-5H2,(H2,13,16)(H,14,17).